The van der Waals surface area contributed by atoms with E-state index in [1.165, 1.54) is 6.21 Å². The molecular weight excluding hydrogens is 324 g/mol. The summed E-state index contributed by atoms with van der Waals surface area (Å²) in [5.74, 6) is -1.78. The number of amidine groups is 1. The van der Waals surface area contributed by atoms with Crippen molar-refractivity contribution in [1.29, 1.82) is 0 Å². The molecule has 0 aliphatic heterocycles. The van der Waals surface area contributed by atoms with Crippen LogP contribution in [0.25, 0.3) is 0 Å². The van der Waals surface area contributed by atoms with Crippen molar-refractivity contribution in [1.82, 2.24) is 0 Å². The van der Waals surface area contributed by atoms with Gasteiger partial charge in [-0.1, -0.05) is 12.1 Å². The van der Waals surface area contributed by atoms with Gasteiger partial charge in [0, 0.05) is 19.8 Å². The third-order valence-corrected chi connectivity index (χ3v) is 3.01. The van der Waals surface area contributed by atoms with Crippen LogP contribution >= 0.6 is 0 Å². The SMILES string of the molecule is CCOC(=O)C(/C(N)=N/N=Cc1ccc(N(C)C)cc1)=C(/O)OCC. The lowest BCUT2D eigenvalue weighted by Gasteiger charge is -2.11. The average Bonchev–Trinajstić information content (AvgIpc) is 2.56. The maximum Gasteiger partial charge on any atom is 0.349 e. The highest BCUT2D eigenvalue weighted by atomic mass is 16.6. The van der Waals surface area contributed by atoms with Gasteiger partial charge in [0.25, 0.3) is 5.95 Å². The summed E-state index contributed by atoms with van der Waals surface area (Å²) in [6.07, 6.45) is 1.48. The molecule has 0 fully saturated rings. The Kier molecular flexibility index (Phi) is 7.98. The number of benzene rings is 1. The highest BCUT2D eigenvalue weighted by Crippen LogP contribution is 2.11. The third kappa shape index (κ3) is 6.17. The van der Waals surface area contributed by atoms with E-state index in [1.807, 2.05) is 43.3 Å². The minimum atomic E-state index is -0.833. The molecule has 0 aliphatic rings. The van der Waals surface area contributed by atoms with E-state index in [0.717, 1.165) is 11.3 Å². The molecule has 0 unspecified atom stereocenters. The van der Waals surface area contributed by atoms with Crippen molar-refractivity contribution < 1.29 is 19.4 Å². The van der Waals surface area contributed by atoms with Crippen molar-refractivity contribution in [3.63, 3.8) is 0 Å². The monoisotopic (exact) mass is 348 g/mol. The molecule has 25 heavy (non-hydrogen) atoms. The van der Waals surface area contributed by atoms with Gasteiger partial charge in [-0.2, -0.15) is 5.10 Å². The van der Waals surface area contributed by atoms with E-state index in [2.05, 4.69) is 10.2 Å². The Bertz CT molecular complexity index is 664. The van der Waals surface area contributed by atoms with Crippen molar-refractivity contribution >= 4 is 23.7 Å². The number of ether oxygens (including phenoxy) is 2. The van der Waals surface area contributed by atoms with Crippen molar-refractivity contribution in [2.45, 2.75) is 13.8 Å². The molecule has 0 saturated heterocycles. The minimum Gasteiger partial charge on any atom is -0.480 e. The highest BCUT2D eigenvalue weighted by Gasteiger charge is 2.22. The molecular formula is C17H24N4O4. The number of nitrogens with zero attached hydrogens (tertiary/aromatic N) is 3. The smallest absolute Gasteiger partial charge is 0.349 e. The zero-order chi connectivity index (χ0) is 18.8. The average molecular weight is 348 g/mol. The summed E-state index contributed by atoms with van der Waals surface area (Å²) in [7, 11) is 3.89. The molecule has 8 heteroatoms. The van der Waals surface area contributed by atoms with Crippen LogP contribution in [0.4, 0.5) is 5.69 Å². The van der Waals surface area contributed by atoms with Crippen LogP contribution in [0.3, 0.4) is 0 Å². The van der Waals surface area contributed by atoms with E-state index < -0.39 is 11.9 Å². The Morgan fingerprint density at radius 2 is 1.80 bits per heavy atom. The number of carbonyl (C=O) groups excluding carboxylic acids is 1. The van der Waals surface area contributed by atoms with Crippen molar-refractivity contribution in [2.24, 2.45) is 15.9 Å². The second kappa shape index (κ2) is 9.96. The van der Waals surface area contributed by atoms with Gasteiger partial charge in [-0.05, 0) is 31.5 Å². The Hall–Kier alpha value is -3.03. The van der Waals surface area contributed by atoms with E-state index in [9.17, 15) is 9.90 Å². The first kappa shape index (κ1) is 20.0. The molecule has 3 N–H and O–H groups in total. The minimum absolute atomic E-state index is 0.122. The van der Waals surface area contributed by atoms with Crippen LogP contribution < -0.4 is 10.6 Å². The molecule has 136 valence electrons. The Labute approximate surface area is 147 Å². The summed E-state index contributed by atoms with van der Waals surface area (Å²) < 4.78 is 9.75. The standard InChI is InChI=1S/C17H24N4O4/c1-5-24-16(22)14(17(23)25-6-2)15(18)20-19-11-12-7-9-13(10-8-12)21(3)4/h7-11,22H,5-6H2,1-4H3,(H2,18,20)/b16-14-,19-11?. The van der Waals surface area contributed by atoms with Crippen LogP contribution in [-0.2, 0) is 14.3 Å². The summed E-state index contributed by atoms with van der Waals surface area (Å²) in [5.41, 5.74) is 7.24. The lowest BCUT2D eigenvalue weighted by atomic mass is 10.2. The summed E-state index contributed by atoms with van der Waals surface area (Å²) in [6.45, 7) is 3.57. The second-order valence-corrected chi connectivity index (χ2v) is 5.05. The predicted octanol–water partition coefficient (Wildman–Crippen LogP) is 1.81. The van der Waals surface area contributed by atoms with E-state index in [4.69, 9.17) is 15.2 Å². The van der Waals surface area contributed by atoms with Gasteiger partial charge >= 0.3 is 5.97 Å². The first-order valence-corrected chi connectivity index (χ1v) is 7.78. The summed E-state index contributed by atoms with van der Waals surface area (Å²) in [4.78, 5) is 13.9. The second-order valence-electron chi connectivity index (χ2n) is 5.05. The number of hydrogen-bond acceptors (Lipinski definition) is 7. The van der Waals surface area contributed by atoms with Crippen LogP contribution in [0.5, 0.6) is 0 Å². The van der Waals surface area contributed by atoms with Crippen molar-refractivity contribution in [2.75, 3.05) is 32.2 Å². The van der Waals surface area contributed by atoms with E-state index >= 15 is 0 Å². The molecule has 0 heterocycles. The fraction of sp³-hybridized carbons (Fsp3) is 0.353. The number of hydrogen-bond donors (Lipinski definition) is 2. The molecule has 1 rings (SSSR count). The normalized spacial score (nSPS) is 12.7. The van der Waals surface area contributed by atoms with Crippen LogP contribution in [0.2, 0.25) is 0 Å². The van der Waals surface area contributed by atoms with Crippen molar-refractivity contribution in [3.8, 4) is 0 Å². The molecule has 1 aromatic rings. The summed E-state index contributed by atoms with van der Waals surface area (Å²) in [6, 6.07) is 7.59. The van der Waals surface area contributed by atoms with Gasteiger partial charge in [0.1, 0.15) is 0 Å². The van der Waals surface area contributed by atoms with Crippen LogP contribution in [-0.4, -0.2) is 50.4 Å². The maximum atomic E-state index is 11.9. The van der Waals surface area contributed by atoms with Gasteiger partial charge < -0.3 is 25.2 Å². The largest absolute Gasteiger partial charge is 0.480 e. The molecule has 0 bridgehead atoms. The van der Waals surface area contributed by atoms with Gasteiger partial charge in [0.2, 0.25) is 0 Å². The molecule has 0 amide bonds. The van der Waals surface area contributed by atoms with Gasteiger partial charge in [0.05, 0.1) is 19.4 Å². The van der Waals surface area contributed by atoms with Crippen molar-refractivity contribution in [3.05, 3.63) is 41.3 Å². The Morgan fingerprint density at radius 1 is 1.20 bits per heavy atom. The molecule has 0 spiro atoms. The van der Waals surface area contributed by atoms with Gasteiger partial charge in [-0.15, -0.1) is 5.10 Å². The molecule has 1 aromatic carbocycles. The van der Waals surface area contributed by atoms with Gasteiger partial charge in [0.15, 0.2) is 11.4 Å². The highest BCUT2D eigenvalue weighted by molar-refractivity contribution is 6.18. The number of anilines is 1. The van der Waals surface area contributed by atoms with Crippen LogP contribution in [0, 0.1) is 0 Å². The first-order valence-electron chi connectivity index (χ1n) is 7.78. The number of nitrogens with two attached hydrogens (primary N) is 1. The number of aliphatic hydroxyl groups is 1. The quantitative estimate of drug-likeness (QED) is 0.185. The third-order valence-electron chi connectivity index (χ3n) is 3.01. The fourth-order valence-corrected chi connectivity index (χ4v) is 1.78. The number of carbonyl (C=O) groups is 1. The Balaban J connectivity index is 2.98. The molecule has 8 nitrogen and oxygen atoms in total. The lowest BCUT2D eigenvalue weighted by Crippen LogP contribution is -2.25. The zero-order valence-electron chi connectivity index (χ0n) is 14.9. The predicted molar refractivity (Wildman–Crippen MR) is 97.9 cm³/mol. The lowest BCUT2D eigenvalue weighted by molar-refractivity contribution is -0.138. The zero-order valence-corrected chi connectivity index (χ0v) is 14.9. The molecule has 0 radical (unpaired) electrons. The molecule has 0 aromatic heterocycles. The summed E-state index contributed by atoms with van der Waals surface area (Å²) >= 11 is 0. The first-order chi connectivity index (χ1) is 11.9. The van der Waals surface area contributed by atoms with E-state index in [0.29, 0.717) is 0 Å². The molecule has 0 saturated carbocycles. The summed E-state index contributed by atoms with van der Waals surface area (Å²) in [5, 5.41) is 17.4. The van der Waals surface area contributed by atoms with Crippen LogP contribution in [0.1, 0.15) is 19.4 Å². The van der Waals surface area contributed by atoms with Gasteiger partial charge in [-0.3, -0.25) is 0 Å². The Morgan fingerprint density at radius 3 is 2.32 bits per heavy atom. The number of rotatable bonds is 8. The number of aliphatic hydroxyl groups excluding tert-OH is 1. The van der Waals surface area contributed by atoms with E-state index in [-0.39, 0.29) is 24.6 Å². The fourth-order valence-electron chi connectivity index (χ4n) is 1.78. The molecule has 0 aliphatic carbocycles. The number of esters is 1. The topological polar surface area (TPSA) is 110 Å². The van der Waals surface area contributed by atoms with Crippen LogP contribution in [0.15, 0.2) is 46.0 Å². The maximum absolute atomic E-state index is 11.9. The molecule has 0 atom stereocenters. The van der Waals surface area contributed by atoms with Gasteiger partial charge in [-0.25, -0.2) is 4.79 Å². The van der Waals surface area contributed by atoms with E-state index in [1.54, 1.807) is 13.8 Å².